The van der Waals surface area contributed by atoms with Gasteiger partial charge in [-0.2, -0.15) is 0 Å². The van der Waals surface area contributed by atoms with Crippen LogP contribution in [0.25, 0.3) is 11.1 Å². The second-order valence-electron chi connectivity index (χ2n) is 6.14. The van der Waals surface area contributed by atoms with Crippen LogP contribution in [0, 0.1) is 11.7 Å². The van der Waals surface area contributed by atoms with Crippen LogP contribution in [0.3, 0.4) is 0 Å². The van der Waals surface area contributed by atoms with E-state index in [1.54, 1.807) is 12.1 Å². The van der Waals surface area contributed by atoms with E-state index in [1.165, 1.54) is 11.6 Å². The van der Waals surface area contributed by atoms with Crippen molar-refractivity contribution in [3.05, 3.63) is 53.8 Å². The van der Waals surface area contributed by atoms with Crippen LogP contribution in [0.5, 0.6) is 5.75 Å². The summed E-state index contributed by atoms with van der Waals surface area (Å²) in [4.78, 5) is 0. The Morgan fingerprint density at radius 3 is 2.59 bits per heavy atom. The van der Waals surface area contributed by atoms with Crippen molar-refractivity contribution in [2.24, 2.45) is 5.92 Å². The molecular formula is C20H25FO. The van der Waals surface area contributed by atoms with Crippen LogP contribution in [0.1, 0.15) is 39.2 Å². The van der Waals surface area contributed by atoms with Crippen LogP contribution in [-0.2, 0) is 6.42 Å². The molecule has 0 radical (unpaired) electrons. The zero-order valence-electron chi connectivity index (χ0n) is 13.7. The Hall–Kier alpha value is -1.83. The number of unbranched alkanes of at least 4 members (excludes halogenated alkanes) is 1. The summed E-state index contributed by atoms with van der Waals surface area (Å²) in [7, 11) is 0. The molecule has 0 unspecified atom stereocenters. The monoisotopic (exact) mass is 300 g/mol. The van der Waals surface area contributed by atoms with Gasteiger partial charge in [-0.15, -0.1) is 0 Å². The maximum Gasteiger partial charge on any atom is 0.127 e. The van der Waals surface area contributed by atoms with E-state index in [2.05, 4.69) is 32.9 Å². The lowest BCUT2D eigenvalue weighted by Crippen LogP contribution is -2.01. The molecule has 0 aliphatic heterocycles. The normalized spacial score (nSPS) is 11.0. The van der Waals surface area contributed by atoms with Gasteiger partial charge in [0, 0.05) is 5.56 Å². The Balaban J connectivity index is 2.34. The summed E-state index contributed by atoms with van der Waals surface area (Å²) in [5.41, 5.74) is 3.09. The van der Waals surface area contributed by atoms with E-state index >= 15 is 0 Å². The Kier molecular flexibility index (Phi) is 6.00. The molecule has 0 aromatic heterocycles. The van der Waals surface area contributed by atoms with Crippen molar-refractivity contribution in [3.8, 4) is 16.9 Å². The van der Waals surface area contributed by atoms with Gasteiger partial charge >= 0.3 is 0 Å². The lowest BCUT2D eigenvalue weighted by Gasteiger charge is -2.14. The molecule has 0 aliphatic rings. The molecule has 0 aliphatic carbocycles. The van der Waals surface area contributed by atoms with Gasteiger partial charge in [-0.05, 0) is 48.1 Å². The number of halogens is 1. The highest BCUT2D eigenvalue weighted by molar-refractivity contribution is 5.71. The molecule has 22 heavy (non-hydrogen) atoms. The molecule has 2 heteroatoms. The van der Waals surface area contributed by atoms with Gasteiger partial charge in [0.15, 0.2) is 0 Å². The van der Waals surface area contributed by atoms with Gasteiger partial charge in [-0.25, -0.2) is 4.39 Å². The van der Waals surface area contributed by atoms with Crippen LogP contribution in [0.4, 0.5) is 4.39 Å². The minimum atomic E-state index is -0.219. The van der Waals surface area contributed by atoms with Crippen LogP contribution in [0.2, 0.25) is 0 Å². The Morgan fingerprint density at radius 2 is 1.91 bits per heavy atom. The zero-order chi connectivity index (χ0) is 15.9. The van der Waals surface area contributed by atoms with Crippen LogP contribution in [0.15, 0.2) is 42.5 Å². The molecule has 0 heterocycles. The fourth-order valence-electron chi connectivity index (χ4n) is 2.51. The summed E-state index contributed by atoms with van der Waals surface area (Å²) in [5.74, 6) is 1.24. The molecule has 0 fully saturated rings. The summed E-state index contributed by atoms with van der Waals surface area (Å²) >= 11 is 0. The lowest BCUT2D eigenvalue weighted by atomic mass is 9.98. The highest BCUT2D eigenvalue weighted by Crippen LogP contribution is 2.32. The summed E-state index contributed by atoms with van der Waals surface area (Å²) < 4.78 is 19.5. The van der Waals surface area contributed by atoms with Crippen LogP contribution < -0.4 is 4.74 Å². The van der Waals surface area contributed by atoms with Crippen molar-refractivity contribution in [1.29, 1.82) is 0 Å². The van der Waals surface area contributed by atoms with Gasteiger partial charge < -0.3 is 4.74 Å². The predicted molar refractivity (Wildman–Crippen MR) is 90.8 cm³/mol. The third-order valence-electron chi connectivity index (χ3n) is 3.58. The van der Waals surface area contributed by atoms with Gasteiger partial charge in [0.25, 0.3) is 0 Å². The molecule has 0 bridgehead atoms. The SMILES string of the molecule is CCCCOc1cc(CC(C)C)ccc1-c1cccc(F)c1. The van der Waals surface area contributed by atoms with Crippen molar-refractivity contribution in [1.82, 2.24) is 0 Å². The molecule has 2 rings (SSSR count). The Labute approximate surface area is 133 Å². The summed E-state index contributed by atoms with van der Waals surface area (Å²) in [6.45, 7) is 7.26. The van der Waals surface area contributed by atoms with E-state index in [1.807, 2.05) is 12.1 Å². The van der Waals surface area contributed by atoms with E-state index in [0.717, 1.165) is 36.1 Å². The first kappa shape index (κ1) is 16.5. The highest BCUT2D eigenvalue weighted by Gasteiger charge is 2.09. The van der Waals surface area contributed by atoms with E-state index in [9.17, 15) is 4.39 Å². The van der Waals surface area contributed by atoms with Crippen LogP contribution in [-0.4, -0.2) is 6.61 Å². The van der Waals surface area contributed by atoms with Gasteiger partial charge in [0.2, 0.25) is 0 Å². The predicted octanol–water partition coefficient (Wildman–Crippen LogP) is 5.87. The molecule has 1 nitrogen and oxygen atoms in total. The fraction of sp³-hybridized carbons (Fsp3) is 0.400. The van der Waals surface area contributed by atoms with Crippen molar-refractivity contribution >= 4 is 0 Å². The number of hydrogen-bond acceptors (Lipinski definition) is 1. The summed E-state index contributed by atoms with van der Waals surface area (Å²) in [6, 6.07) is 13.0. The zero-order valence-corrected chi connectivity index (χ0v) is 13.7. The van der Waals surface area contributed by atoms with E-state index < -0.39 is 0 Å². The molecule has 2 aromatic carbocycles. The average molecular weight is 300 g/mol. The largest absolute Gasteiger partial charge is 0.493 e. The van der Waals surface area contributed by atoms with Gasteiger partial charge in [-0.1, -0.05) is 51.5 Å². The number of hydrogen-bond donors (Lipinski definition) is 0. The third-order valence-corrected chi connectivity index (χ3v) is 3.58. The van der Waals surface area contributed by atoms with Crippen molar-refractivity contribution in [2.75, 3.05) is 6.61 Å². The molecule has 0 amide bonds. The lowest BCUT2D eigenvalue weighted by molar-refractivity contribution is 0.310. The second kappa shape index (κ2) is 7.98. The quantitative estimate of drug-likeness (QED) is 0.581. The van der Waals surface area contributed by atoms with E-state index in [0.29, 0.717) is 12.5 Å². The molecule has 0 N–H and O–H groups in total. The number of benzene rings is 2. The maximum atomic E-state index is 13.5. The molecule has 0 saturated carbocycles. The standard InChI is InChI=1S/C20H25FO/c1-4-5-11-22-20-13-16(12-15(2)3)9-10-19(20)17-7-6-8-18(21)14-17/h6-10,13-15H,4-5,11-12H2,1-3H3. The maximum absolute atomic E-state index is 13.5. The molecule has 2 aromatic rings. The molecule has 0 spiro atoms. The first-order chi connectivity index (χ1) is 10.6. The van der Waals surface area contributed by atoms with E-state index in [4.69, 9.17) is 4.74 Å². The fourth-order valence-corrected chi connectivity index (χ4v) is 2.51. The summed E-state index contributed by atoms with van der Waals surface area (Å²) in [6.07, 6.45) is 3.14. The van der Waals surface area contributed by atoms with Crippen LogP contribution >= 0.6 is 0 Å². The smallest absolute Gasteiger partial charge is 0.127 e. The van der Waals surface area contributed by atoms with Crippen molar-refractivity contribution < 1.29 is 9.13 Å². The van der Waals surface area contributed by atoms with Gasteiger partial charge in [0.1, 0.15) is 11.6 Å². The Morgan fingerprint density at radius 1 is 1.09 bits per heavy atom. The minimum absolute atomic E-state index is 0.219. The van der Waals surface area contributed by atoms with E-state index in [-0.39, 0.29) is 5.82 Å². The third kappa shape index (κ3) is 4.59. The van der Waals surface area contributed by atoms with Gasteiger partial charge in [-0.3, -0.25) is 0 Å². The highest BCUT2D eigenvalue weighted by atomic mass is 19.1. The second-order valence-corrected chi connectivity index (χ2v) is 6.14. The number of ether oxygens (including phenoxy) is 1. The topological polar surface area (TPSA) is 9.23 Å². The average Bonchev–Trinajstić information content (AvgIpc) is 2.47. The molecule has 118 valence electrons. The molecular weight excluding hydrogens is 275 g/mol. The minimum Gasteiger partial charge on any atom is -0.493 e. The molecule has 0 atom stereocenters. The first-order valence-corrected chi connectivity index (χ1v) is 8.11. The van der Waals surface area contributed by atoms with Crippen molar-refractivity contribution in [2.45, 2.75) is 40.0 Å². The Bertz CT molecular complexity index is 604. The first-order valence-electron chi connectivity index (χ1n) is 8.11. The van der Waals surface area contributed by atoms with Crippen molar-refractivity contribution in [3.63, 3.8) is 0 Å². The molecule has 0 saturated heterocycles. The van der Waals surface area contributed by atoms with Gasteiger partial charge in [0.05, 0.1) is 6.61 Å². The number of rotatable bonds is 7. The summed E-state index contributed by atoms with van der Waals surface area (Å²) in [5, 5.41) is 0.